The lowest BCUT2D eigenvalue weighted by Crippen LogP contribution is -1.88. The number of rotatable bonds is 2. The van der Waals surface area contributed by atoms with Gasteiger partial charge in [-0.25, -0.2) is 0 Å². The van der Waals surface area contributed by atoms with E-state index < -0.39 is 9.85 Å². The van der Waals surface area contributed by atoms with E-state index in [-0.39, 0.29) is 16.8 Å². The zero-order valence-corrected chi connectivity index (χ0v) is 7.34. The number of nitro benzene ring substituents is 1. The van der Waals surface area contributed by atoms with E-state index in [0.717, 1.165) is 0 Å². The van der Waals surface area contributed by atoms with Crippen LogP contribution in [0.5, 0.6) is 0 Å². The van der Waals surface area contributed by atoms with Gasteiger partial charge in [0.05, 0.1) is 26.9 Å². The molecule has 0 aliphatic carbocycles. The van der Waals surface area contributed by atoms with Gasteiger partial charge in [0, 0.05) is 12.1 Å². The quantitative estimate of drug-likeness (QED) is 0.600. The summed E-state index contributed by atoms with van der Waals surface area (Å²) in [6.07, 6.45) is 1.22. The normalized spacial score (nSPS) is 10.4. The minimum absolute atomic E-state index is 0.159. The topological polar surface area (TPSA) is 102 Å². The summed E-state index contributed by atoms with van der Waals surface area (Å²) in [5, 5.41) is 21.3. The van der Waals surface area contributed by atoms with Crippen molar-refractivity contribution in [3.05, 3.63) is 44.6 Å². The van der Waals surface area contributed by atoms with Gasteiger partial charge >= 0.3 is 0 Å². The molecule has 2 rings (SSSR count). The molecule has 0 aliphatic rings. The molecule has 0 fully saturated rings. The highest BCUT2D eigenvalue weighted by atomic mass is 16.6. The van der Waals surface area contributed by atoms with Crippen molar-refractivity contribution in [2.24, 2.45) is 0 Å². The summed E-state index contributed by atoms with van der Waals surface area (Å²) in [4.78, 5) is 22.5. The lowest BCUT2D eigenvalue weighted by atomic mass is 10.2. The number of aromatic amines is 1. The molecule has 1 aromatic carbocycles. The molecule has 76 valence electrons. The van der Waals surface area contributed by atoms with Crippen LogP contribution in [0, 0.1) is 20.2 Å². The summed E-state index contributed by atoms with van der Waals surface area (Å²) in [6.45, 7) is 0. The van der Waals surface area contributed by atoms with E-state index in [1.54, 1.807) is 0 Å². The van der Waals surface area contributed by atoms with Crippen molar-refractivity contribution >= 4 is 22.3 Å². The van der Waals surface area contributed by atoms with Gasteiger partial charge in [0.1, 0.15) is 0 Å². The van der Waals surface area contributed by atoms with E-state index in [4.69, 9.17) is 0 Å². The highest BCUT2D eigenvalue weighted by molar-refractivity contribution is 5.90. The molecule has 1 aromatic heterocycles. The van der Waals surface area contributed by atoms with Gasteiger partial charge in [0.25, 0.3) is 11.4 Å². The van der Waals surface area contributed by atoms with Gasteiger partial charge in [-0.1, -0.05) is 0 Å². The Bertz CT molecular complexity index is 560. The predicted octanol–water partition coefficient (Wildman–Crippen LogP) is 1.98. The van der Waals surface area contributed by atoms with Crippen molar-refractivity contribution in [1.82, 2.24) is 4.98 Å². The van der Waals surface area contributed by atoms with E-state index in [1.807, 2.05) is 0 Å². The van der Waals surface area contributed by atoms with Crippen LogP contribution in [-0.2, 0) is 0 Å². The fourth-order valence-electron chi connectivity index (χ4n) is 1.36. The fraction of sp³-hybridized carbons (Fsp3) is 0. The molecule has 0 spiro atoms. The maximum atomic E-state index is 10.6. The molecule has 7 heteroatoms. The van der Waals surface area contributed by atoms with Crippen molar-refractivity contribution in [3.8, 4) is 0 Å². The first-order valence-corrected chi connectivity index (χ1v) is 3.99. The second-order valence-corrected chi connectivity index (χ2v) is 2.92. The molecule has 15 heavy (non-hydrogen) atoms. The van der Waals surface area contributed by atoms with Gasteiger partial charge in [-0.15, -0.1) is 0 Å². The lowest BCUT2D eigenvalue weighted by molar-refractivity contribution is -0.385. The number of aromatic nitrogens is 1. The van der Waals surface area contributed by atoms with Crippen molar-refractivity contribution in [2.75, 3.05) is 0 Å². The molecule has 7 nitrogen and oxygen atoms in total. The molecule has 0 atom stereocenters. The Labute approximate surface area is 82.6 Å². The average Bonchev–Trinajstić information content (AvgIpc) is 2.59. The number of nitrogens with one attached hydrogen (secondary N) is 1. The maximum Gasteiger partial charge on any atom is 0.294 e. The number of fused-ring (bicyclic) bond motifs is 1. The van der Waals surface area contributed by atoms with Crippen molar-refractivity contribution in [1.29, 1.82) is 0 Å². The van der Waals surface area contributed by atoms with E-state index >= 15 is 0 Å². The average molecular weight is 207 g/mol. The monoisotopic (exact) mass is 207 g/mol. The number of nitro groups is 2. The molecule has 1 heterocycles. The van der Waals surface area contributed by atoms with Crippen molar-refractivity contribution < 1.29 is 9.85 Å². The molecule has 0 saturated carbocycles. The zero-order valence-electron chi connectivity index (χ0n) is 7.34. The van der Waals surface area contributed by atoms with Crippen LogP contribution in [0.3, 0.4) is 0 Å². The van der Waals surface area contributed by atoms with Crippen molar-refractivity contribution in [2.45, 2.75) is 0 Å². The Balaban J connectivity index is 2.72. The number of non-ortho nitro benzene ring substituents is 1. The molecular formula is C8H5N3O4. The molecule has 0 saturated heterocycles. The van der Waals surface area contributed by atoms with E-state index in [0.29, 0.717) is 5.52 Å². The third-order valence-electron chi connectivity index (χ3n) is 2.05. The molecule has 0 unspecified atom stereocenters. The zero-order chi connectivity index (χ0) is 11.0. The molecule has 0 radical (unpaired) electrons. The molecule has 1 N–H and O–H groups in total. The van der Waals surface area contributed by atoms with Crippen LogP contribution < -0.4 is 0 Å². The standard InChI is InChI=1S/C8H5N3O4/c12-10(13)5-1-2-7-6(3-5)8(4-9-7)11(14)15/h1-4,9H. The van der Waals surface area contributed by atoms with Gasteiger partial charge < -0.3 is 4.98 Å². The number of nitrogens with zero attached hydrogens (tertiary/aromatic N) is 2. The Morgan fingerprint density at radius 1 is 1.13 bits per heavy atom. The summed E-state index contributed by atoms with van der Waals surface area (Å²) < 4.78 is 0. The highest BCUT2D eigenvalue weighted by Crippen LogP contribution is 2.28. The number of hydrogen-bond acceptors (Lipinski definition) is 4. The Morgan fingerprint density at radius 2 is 1.87 bits per heavy atom. The molecule has 0 aliphatic heterocycles. The third kappa shape index (κ3) is 1.39. The number of hydrogen-bond donors (Lipinski definition) is 1. The molecular weight excluding hydrogens is 202 g/mol. The summed E-state index contributed by atoms with van der Waals surface area (Å²) in [6, 6.07) is 3.92. The first-order chi connectivity index (χ1) is 7.09. The van der Waals surface area contributed by atoms with Gasteiger partial charge in [-0.3, -0.25) is 20.2 Å². The van der Waals surface area contributed by atoms with Crippen LogP contribution in [0.25, 0.3) is 10.9 Å². The first-order valence-electron chi connectivity index (χ1n) is 3.99. The highest BCUT2D eigenvalue weighted by Gasteiger charge is 2.16. The first kappa shape index (κ1) is 9.13. The van der Waals surface area contributed by atoms with Crippen molar-refractivity contribution in [3.63, 3.8) is 0 Å². The summed E-state index contributed by atoms with van der Waals surface area (Å²) in [5.41, 5.74) is 0.186. The lowest BCUT2D eigenvalue weighted by Gasteiger charge is -1.91. The summed E-state index contributed by atoms with van der Waals surface area (Å²) in [7, 11) is 0. The molecule has 0 bridgehead atoms. The van der Waals surface area contributed by atoms with Gasteiger partial charge in [-0.05, 0) is 6.07 Å². The van der Waals surface area contributed by atoms with Gasteiger partial charge in [0.15, 0.2) is 0 Å². The van der Waals surface area contributed by atoms with E-state index in [2.05, 4.69) is 4.98 Å². The second-order valence-electron chi connectivity index (χ2n) is 2.92. The van der Waals surface area contributed by atoms with Crippen LogP contribution in [0.1, 0.15) is 0 Å². The van der Waals surface area contributed by atoms with E-state index in [9.17, 15) is 20.2 Å². The Kier molecular flexibility index (Phi) is 1.86. The largest absolute Gasteiger partial charge is 0.355 e. The number of H-pyrrole nitrogens is 1. The van der Waals surface area contributed by atoms with Crippen LogP contribution >= 0.6 is 0 Å². The fourth-order valence-corrected chi connectivity index (χ4v) is 1.36. The molecule has 0 amide bonds. The minimum Gasteiger partial charge on any atom is -0.355 e. The Hall–Kier alpha value is -2.44. The van der Waals surface area contributed by atoms with Crippen LogP contribution in [-0.4, -0.2) is 14.8 Å². The van der Waals surface area contributed by atoms with Crippen LogP contribution in [0.4, 0.5) is 11.4 Å². The number of benzene rings is 1. The minimum atomic E-state index is -0.587. The maximum absolute atomic E-state index is 10.6. The van der Waals surface area contributed by atoms with Gasteiger partial charge in [0.2, 0.25) is 0 Å². The smallest absolute Gasteiger partial charge is 0.294 e. The summed E-state index contributed by atoms with van der Waals surface area (Å²) >= 11 is 0. The Morgan fingerprint density at radius 3 is 2.47 bits per heavy atom. The predicted molar refractivity (Wildman–Crippen MR) is 51.6 cm³/mol. The summed E-state index contributed by atoms with van der Waals surface area (Å²) in [5.74, 6) is 0. The van der Waals surface area contributed by atoms with Crippen LogP contribution in [0.2, 0.25) is 0 Å². The van der Waals surface area contributed by atoms with Crippen LogP contribution in [0.15, 0.2) is 24.4 Å². The second kappa shape index (κ2) is 3.05. The SMILES string of the molecule is O=[N+]([O-])c1ccc2[nH]cc([N+](=O)[O-])c2c1. The van der Waals surface area contributed by atoms with Gasteiger partial charge in [-0.2, -0.15) is 0 Å². The molecule has 2 aromatic rings. The third-order valence-corrected chi connectivity index (χ3v) is 2.05. The van der Waals surface area contributed by atoms with E-state index in [1.165, 1.54) is 24.4 Å².